The van der Waals surface area contributed by atoms with Gasteiger partial charge < -0.3 is 14.8 Å². The van der Waals surface area contributed by atoms with E-state index in [0.717, 1.165) is 0 Å². The molecule has 1 saturated heterocycles. The monoisotopic (exact) mass is 524 g/mol. The molecule has 2 atom stereocenters. The van der Waals surface area contributed by atoms with Gasteiger partial charge in [-0.3, -0.25) is 4.99 Å². The number of alkyl halides is 2. The minimum absolute atomic E-state index is 0.107. The van der Waals surface area contributed by atoms with Gasteiger partial charge in [0.2, 0.25) is 0 Å². The molecule has 2 aromatic heterocycles. The topological polar surface area (TPSA) is 87.8 Å². The second-order valence-electron chi connectivity index (χ2n) is 8.19. The van der Waals surface area contributed by atoms with Gasteiger partial charge >= 0.3 is 6.55 Å². The Morgan fingerprint density at radius 3 is 2.86 bits per heavy atom. The van der Waals surface area contributed by atoms with Crippen molar-refractivity contribution in [3.05, 3.63) is 74.8 Å². The normalized spacial score (nSPS) is 22.2. The van der Waals surface area contributed by atoms with Gasteiger partial charge in [0.15, 0.2) is 10.8 Å². The van der Waals surface area contributed by atoms with E-state index in [1.807, 2.05) is 4.90 Å². The molecule has 0 bridgehead atoms. The SMILES string of the molecule is CONC[C@@]1(O)CC2=C(c3ccn(C(F)F)n3)[C@H](c3ccc(F)cc3Cl)N=C(c3nccs3)N2C1. The molecule has 1 aromatic carbocycles. The van der Waals surface area contributed by atoms with Crippen LogP contribution in [-0.2, 0) is 4.84 Å². The molecule has 0 amide bonds. The number of benzene rings is 1. The number of aliphatic hydroxyl groups is 1. The van der Waals surface area contributed by atoms with E-state index < -0.39 is 24.0 Å². The lowest BCUT2D eigenvalue weighted by molar-refractivity contribution is -0.00442. The molecule has 0 unspecified atom stereocenters. The lowest BCUT2D eigenvalue weighted by Gasteiger charge is -2.32. The molecule has 2 aliphatic rings. The van der Waals surface area contributed by atoms with Crippen LogP contribution in [0.2, 0.25) is 5.02 Å². The number of halogens is 4. The van der Waals surface area contributed by atoms with Crippen molar-refractivity contribution in [1.82, 2.24) is 25.1 Å². The van der Waals surface area contributed by atoms with E-state index in [2.05, 4.69) is 15.6 Å². The molecule has 2 N–H and O–H groups in total. The van der Waals surface area contributed by atoms with Crippen molar-refractivity contribution < 1.29 is 23.1 Å². The number of fused-ring (bicyclic) bond motifs is 1. The fraction of sp³-hybridized carbons (Fsp3) is 0.318. The zero-order valence-electron chi connectivity index (χ0n) is 18.3. The largest absolute Gasteiger partial charge is 0.386 e. The van der Waals surface area contributed by atoms with Gasteiger partial charge in [-0.2, -0.15) is 19.4 Å². The summed E-state index contributed by atoms with van der Waals surface area (Å²) in [6.45, 7) is -2.57. The molecule has 0 radical (unpaired) electrons. The third-order valence-corrected chi connectivity index (χ3v) is 6.97. The minimum atomic E-state index is -2.83. The van der Waals surface area contributed by atoms with Crippen LogP contribution in [0.1, 0.15) is 35.3 Å². The molecule has 184 valence electrons. The molecule has 3 aromatic rings. The van der Waals surface area contributed by atoms with E-state index in [9.17, 15) is 18.3 Å². The number of rotatable bonds is 7. The van der Waals surface area contributed by atoms with Gasteiger partial charge in [0.1, 0.15) is 17.5 Å². The van der Waals surface area contributed by atoms with Crippen LogP contribution in [0.5, 0.6) is 0 Å². The molecule has 0 saturated carbocycles. The van der Waals surface area contributed by atoms with Crippen LogP contribution >= 0.6 is 22.9 Å². The number of hydrogen-bond acceptors (Lipinski definition) is 8. The predicted molar refractivity (Wildman–Crippen MR) is 124 cm³/mol. The Hall–Kier alpha value is -2.77. The summed E-state index contributed by atoms with van der Waals surface area (Å²) >= 11 is 7.80. The Balaban J connectivity index is 1.72. The number of amidine groups is 1. The van der Waals surface area contributed by atoms with Crippen molar-refractivity contribution in [2.24, 2.45) is 4.99 Å². The zero-order valence-corrected chi connectivity index (χ0v) is 19.9. The lowest BCUT2D eigenvalue weighted by Crippen LogP contribution is -2.44. The first kappa shape index (κ1) is 23.9. The van der Waals surface area contributed by atoms with E-state index in [-0.39, 0.29) is 30.2 Å². The molecule has 4 heterocycles. The first-order valence-corrected chi connectivity index (χ1v) is 11.8. The van der Waals surface area contributed by atoms with Gasteiger partial charge in [0, 0.05) is 46.1 Å². The Bertz CT molecular complexity index is 1300. The van der Waals surface area contributed by atoms with E-state index >= 15 is 0 Å². The quantitative estimate of drug-likeness (QED) is 0.454. The van der Waals surface area contributed by atoms with Crippen molar-refractivity contribution in [3.63, 3.8) is 0 Å². The molecular weight excluding hydrogens is 505 g/mol. The highest BCUT2D eigenvalue weighted by molar-refractivity contribution is 7.11. The number of thiazole rings is 1. The number of aromatic nitrogens is 3. The molecule has 1 fully saturated rings. The van der Waals surface area contributed by atoms with E-state index in [0.29, 0.717) is 32.4 Å². The van der Waals surface area contributed by atoms with Crippen LogP contribution < -0.4 is 5.48 Å². The van der Waals surface area contributed by atoms with Gasteiger partial charge in [-0.25, -0.2) is 14.1 Å². The number of aliphatic imine (C=N–C) groups is 1. The Morgan fingerprint density at radius 2 is 2.20 bits per heavy atom. The van der Waals surface area contributed by atoms with Crippen LogP contribution in [0.25, 0.3) is 5.57 Å². The van der Waals surface area contributed by atoms with Crippen molar-refractivity contribution in [3.8, 4) is 0 Å². The maximum absolute atomic E-state index is 13.9. The number of hydroxylamine groups is 1. The first-order chi connectivity index (χ1) is 16.8. The minimum Gasteiger partial charge on any atom is -0.386 e. The summed E-state index contributed by atoms with van der Waals surface area (Å²) in [5.74, 6) is -0.0249. The van der Waals surface area contributed by atoms with Crippen molar-refractivity contribution in [1.29, 1.82) is 0 Å². The first-order valence-electron chi connectivity index (χ1n) is 10.5. The second kappa shape index (κ2) is 9.36. The number of hydrogen-bond donors (Lipinski definition) is 2. The summed E-state index contributed by atoms with van der Waals surface area (Å²) < 4.78 is 41.1. The maximum Gasteiger partial charge on any atom is 0.333 e. The molecule has 8 nitrogen and oxygen atoms in total. The van der Waals surface area contributed by atoms with E-state index in [4.69, 9.17) is 21.4 Å². The Morgan fingerprint density at radius 1 is 1.37 bits per heavy atom. The van der Waals surface area contributed by atoms with Crippen LogP contribution in [0.3, 0.4) is 0 Å². The standard InChI is InChI=1S/C22H20ClF3N6O2S/c1-34-28-10-22(33)9-16-17(15-4-6-32(30-15)21(25)26)18(13-3-2-12(24)8-14(13)23)29-19(31(16)11-22)20-27-5-7-35-20/h2-8,18,21,28,33H,9-11H2,1H3/t18-,22-/m0/s1. The smallest absolute Gasteiger partial charge is 0.333 e. The van der Waals surface area contributed by atoms with Gasteiger partial charge in [-0.1, -0.05) is 17.7 Å². The molecule has 35 heavy (non-hydrogen) atoms. The van der Waals surface area contributed by atoms with Crippen LogP contribution in [0.15, 0.2) is 52.7 Å². The summed E-state index contributed by atoms with van der Waals surface area (Å²) in [7, 11) is 1.45. The second-order valence-corrected chi connectivity index (χ2v) is 9.49. The van der Waals surface area contributed by atoms with Crippen LogP contribution in [0, 0.1) is 5.82 Å². The molecule has 13 heteroatoms. The van der Waals surface area contributed by atoms with Crippen molar-refractivity contribution in [2.75, 3.05) is 20.2 Å². The molecule has 0 spiro atoms. The van der Waals surface area contributed by atoms with E-state index in [1.165, 1.54) is 48.9 Å². The number of nitrogens with one attached hydrogen (secondary N) is 1. The Kier molecular flexibility index (Phi) is 6.40. The summed E-state index contributed by atoms with van der Waals surface area (Å²) in [5.41, 5.74) is 3.28. The van der Waals surface area contributed by atoms with Gasteiger partial charge in [-0.05, 0) is 18.2 Å². The average Bonchev–Trinajstić information content (AvgIpc) is 3.57. The van der Waals surface area contributed by atoms with E-state index in [1.54, 1.807) is 11.6 Å². The highest BCUT2D eigenvalue weighted by Gasteiger charge is 2.47. The highest BCUT2D eigenvalue weighted by Crippen LogP contribution is 2.48. The summed E-state index contributed by atoms with van der Waals surface area (Å²) in [6, 6.07) is 4.62. The zero-order chi connectivity index (χ0) is 24.7. The fourth-order valence-electron chi connectivity index (χ4n) is 4.37. The Labute approximate surface area is 207 Å². The van der Waals surface area contributed by atoms with Crippen LogP contribution in [0.4, 0.5) is 13.2 Å². The number of nitrogens with zero attached hydrogens (tertiary/aromatic N) is 5. The lowest BCUT2D eigenvalue weighted by atomic mass is 9.91. The molecule has 5 rings (SSSR count). The highest BCUT2D eigenvalue weighted by atomic mass is 35.5. The maximum atomic E-state index is 13.9. The van der Waals surface area contributed by atoms with Gasteiger partial charge in [0.05, 0.1) is 25.9 Å². The molecule has 2 aliphatic heterocycles. The molecular formula is C22H20ClF3N6O2S. The summed E-state index contributed by atoms with van der Waals surface area (Å²) in [4.78, 5) is 16.1. The van der Waals surface area contributed by atoms with Crippen molar-refractivity contribution >= 4 is 34.3 Å². The summed E-state index contributed by atoms with van der Waals surface area (Å²) in [6.07, 6.45) is 2.97. The third kappa shape index (κ3) is 4.47. The third-order valence-electron chi connectivity index (χ3n) is 5.88. The average molecular weight is 525 g/mol. The fourth-order valence-corrected chi connectivity index (χ4v) is 5.28. The van der Waals surface area contributed by atoms with Crippen molar-refractivity contribution in [2.45, 2.75) is 24.6 Å². The molecule has 0 aliphatic carbocycles. The van der Waals surface area contributed by atoms with Gasteiger partial charge in [0.25, 0.3) is 0 Å². The van der Waals surface area contributed by atoms with Crippen LogP contribution in [-0.4, -0.2) is 56.4 Å². The summed E-state index contributed by atoms with van der Waals surface area (Å²) in [5, 5.41) is 18.0. The predicted octanol–water partition coefficient (Wildman–Crippen LogP) is 4.03. The van der Waals surface area contributed by atoms with Gasteiger partial charge in [-0.15, -0.1) is 11.3 Å².